The topological polar surface area (TPSA) is 55.1 Å². The van der Waals surface area contributed by atoms with Crippen LogP contribution in [0.1, 0.15) is 36.1 Å². The third kappa shape index (κ3) is 2.90. The summed E-state index contributed by atoms with van der Waals surface area (Å²) in [5.41, 5.74) is 6.76. The van der Waals surface area contributed by atoms with Crippen LogP contribution >= 0.6 is 23.6 Å². The van der Waals surface area contributed by atoms with Gasteiger partial charge in [0.05, 0.1) is 10.9 Å². The minimum atomic E-state index is 0.0125. The number of carbonyl (C=O) groups is 1. The van der Waals surface area contributed by atoms with Gasteiger partial charge in [-0.3, -0.25) is 4.79 Å². The van der Waals surface area contributed by atoms with Gasteiger partial charge in [0.2, 0.25) is 5.91 Å². The fourth-order valence-corrected chi connectivity index (χ4v) is 3.31. The molecule has 1 aliphatic rings. The molecule has 1 aromatic rings. The van der Waals surface area contributed by atoms with Gasteiger partial charge in [0, 0.05) is 17.3 Å². The number of amides is 1. The van der Waals surface area contributed by atoms with E-state index in [-0.39, 0.29) is 17.7 Å². The van der Waals surface area contributed by atoms with E-state index in [0.717, 1.165) is 19.3 Å². The molecule has 0 spiro atoms. The average molecular weight is 282 g/mol. The van der Waals surface area contributed by atoms with Crippen LogP contribution in [0, 0.1) is 5.92 Å². The van der Waals surface area contributed by atoms with Crippen molar-refractivity contribution in [2.75, 3.05) is 6.54 Å². The maximum absolute atomic E-state index is 12.2. The van der Waals surface area contributed by atoms with E-state index in [1.54, 1.807) is 11.3 Å². The second-order valence-corrected chi connectivity index (χ2v) is 6.26. The lowest BCUT2D eigenvalue weighted by molar-refractivity contribution is -0.122. The molecule has 2 rings (SSSR count). The molecule has 1 aromatic heterocycles. The summed E-state index contributed by atoms with van der Waals surface area (Å²) in [4.78, 5) is 14.0. The van der Waals surface area contributed by atoms with Crippen LogP contribution in [0.15, 0.2) is 11.4 Å². The monoisotopic (exact) mass is 282 g/mol. The van der Waals surface area contributed by atoms with Gasteiger partial charge in [-0.15, -0.1) is 11.3 Å². The molecule has 0 radical (unpaired) electrons. The Kier molecular flexibility index (Phi) is 4.35. The van der Waals surface area contributed by atoms with Gasteiger partial charge in [0.25, 0.3) is 0 Å². The number of hydrogen-bond acceptors (Lipinski definition) is 3. The van der Waals surface area contributed by atoms with Crippen molar-refractivity contribution in [3.63, 3.8) is 0 Å². The molecule has 1 amide bonds. The second kappa shape index (κ2) is 5.80. The van der Waals surface area contributed by atoms with Gasteiger partial charge in [0.1, 0.15) is 0 Å². The molecular weight excluding hydrogens is 264 g/mol. The molecule has 0 fully saturated rings. The van der Waals surface area contributed by atoms with E-state index in [9.17, 15) is 4.79 Å². The zero-order chi connectivity index (χ0) is 13.1. The molecule has 3 N–H and O–H groups in total. The summed E-state index contributed by atoms with van der Waals surface area (Å²) in [5.74, 6) is 0.172. The Morgan fingerprint density at radius 3 is 3.22 bits per heavy atom. The molecule has 3 nitrogen and oxygen atoms in total. The van der Waals surface area contributed by atoms with Crippen LogP contribution < -0.4 is 11.1 Å². The first-order valence-corrected chi connectivity index (χ1v) is 7.51. The van der Waals surface area contributed by atoms with E-state index < -0.39 is 0 Å². The minimum absolute atomic E-state index is 0.0125. The number of nitrogens with one attached hydrogen (secondary N) is 1. The van der Waals surface area contributed by atoms with Crippen LogP contribution in [-0.2, 0) is 11.2 Å². The van der Waals surface area contributed by atoms with Crippen LogP contribution in [0.25, 0.3) is 0 Å². The molecular formula is C13H18N2OS2. The maximum atomic E-state index is 12.2. The lowest BCUT2D eigenvalue weighted by Gasteiger charge is -2.22. The number of nitrogens with two attached hydrogens (primary N) is 1. The van der Waals surface area contributed by atoms with Crippen molar-refractivity contribution in [2.45, 2.75) is 32.1 Å². The van der Waals surface area contributed by atoms with Gasteiger partial charge in [0.15, 0.2) is 0 Å². The molecule has 1 heterocycles. The van der Waals surface area contributed by atoms with E-state index in [4.69, 9.17) is 18.0 Å². The van der Waals surface area contributed by atoms with Gasteiger partial charge >= 0.3 is 0 Å². The number of thiocarbonyl (C=S) groups is 1. The van der Waals surface area contributed by atoms with Crippen molar-refractivity contribution in [3.8, 4) is 0 Å². The first-order valence-electron chi connectivity index (χ1n) is 6.23. The van der Waals surface area contributed by atoms with Gasteiger partial charge in [-0.1, -0.05) is 19.1 Å². The van der Waals surface area contributed by atoms with E-state index in [1.807, 2.05) is 6.92 Å². The number of aryl methyl sites for hydroxylation is 1. The molecule has 0 saturated heterocycles. The van der Waals surface area contributed by atoms with Crippen molar-refractivity contribution < 1.29 is 4.79 Å². The smallest absolute Gasteiger partial charge is 0.227 e. The lowest BCUT2D eigenvalue weighted by Crippen LogP contribution is -2.37. The Morgan fingerprint density at radius 2 is 2.50 bits per heavy atom. The van der Waals surface area contributed by atoms with Crippen LogP contribution in [0.3, 0.4) is 0 Å². The Hall–Kier alpha value is -0.940. The van der Waals surface area contributed by atoms with Crippen LogP contribution in [0.5, 0.6) is 0 Å². The van der Waals surface area contributed by atoms with Crippen molar-refractivity contribution in [1.29, 1.82) is 0 Å². The first kappa shape index (κ1) is 13.5. The molecule has 0 aromatic carbocycles. The number of carbonyl (C=O) groups excluding carboxylic acids is 1. The summed E-state index contributed by atoms with van der Waals surface area (Å²) in [5, 5.41) is 5.04. The van der Waals surface area contributed by atoms with Crippen molar-refractivity contribution >= 4 is 34.5 Å². The summed E-state index contributed by atoms with van der Waals surface area (Å²) < 4.78 is 0. The Morgan fingerprint density at radius 1 is 1.72 bits per heavy atom. The van der Waals surface area contributed by atoms with Crippen LogP contribution in [0.4, 0.5) is 0 Å². The van der Waals surface area contributed by atoms with Crippen molar-refractivity contribution in [3.05, 3.63) is 21.9 Å². The summed E-state index contributed by atoms with van der Waals surface area (Å²) in [7, 11) is 0. The van der Waals surface area contributed by atoms with Crippen LogP contribution in [-0.4, -0.2) is 17.4 Å². The predicted molar refractivity (Wildman–Crippen MR) is 79.0 cm³/mol. The molecule has 2 atom stereocenters. The van der Waals surface area contributed by atoms with Crippen LogP contribution in [0.2, 0.25) is 0 Å². The van der Waals surface area contributed by atoms with Gasteiger partial charge in [-0.25, -0.2) is 0 Å². The molecule has 0 aliphatic heterocycles. The normalized spacial score (nSPS) is 19.9. The average Bonchev–Trinajstić information content (AvgIpc) is 2.83. The summed E-state index contributed by atoms with van der Waals surface area (Å²) in [6.07, 6.45) is 3.15. The zero-order valence-corrected chi connectivity index (χ0v) is 12.1. The lowest BCUT2D eigenvalue weighted by atomic mass is 9.87. The molecule has 0 bridgehead atoms. The van der Waals surface area contributed by atoms with Gasteiger partial charge < -0.3 is 11.1 Å². The molecule has 0 saturated carbocycles. The standard InChI is InChI=1S/C13H18N2OS2/c1-8(12(14)17)7-15-13(16)10-3-2-4-11-9(10)5-6-18-11/h5-6,8,10H,2-4,7H2,1H3,(H2,14,17)(H,15,16). The molecule has 18 heavy (non-hydrogen) atoms. The highest BCUT2D eigenvalue weighted by Gasteiger charge is 2.27. The van der Waals surface area contributed by atoms with Crippen molar-refractivity contribution in [2.24, 2.45) is 11.7 Å². The molecule has 98 valence electrons. The van der Waals surface area contributed by atoms with E-state index in [0.29, 0.717) is 11.5 Å². The highest BCUT2D eigenvalue weighted by molar-refractivity contribution is 7.80. The first-order chi connectivity index (χ1) is 8.59. The fourth-order valence-electron chi connectivity index (χ4n) is 2.24. The van der Waals surface area contributed by atoms with E-state index in [1.165, 1.54) is 10.4 Å². The largest absolute Gasteiger partial charge is 0.393 e. The van der Waals surface area contributed by atoms with Gasteiger partial charge in [-0.2, -0.15) is 0 Å². The molecule has 5 heteroatoms. The van der Waals surface area contributed by atoms with Crippen molar-refractivity contribution in [1.82, 2.24) is 5.32 Å². The number of rotatable bonds is 4. The third-order valence-corrected chi connectivity index (χ3v) is 4.84. The zero-order valence-electron chi connectivity index (χ0n) is 10.4. The quantitative estimate of drug-likeness (QED) is 0.833. The predicted octanol–water partition coefficient (Wildman–Crippen LogP) is 2.21. The minimum Gasteiger partial charge on any atom is -0.393 e. The van der Waals surface area contributed by atoms with Gasteiger partial charge in [-0.05, 0) is 36.3 Å². The molecule has 1 aliphatic carbocycles. The Bertz CT molecular complexity index is 456. The highest BCUT2D eigenvalue weighted by atomic mass is 32.1. The summed E-state index contributed by atoms with van der Waals surface area (Å²) in [6.45, 7) is 2.46. The maximum Gasteiger partial charge on any atom is 0.227 e. The van der Waals surface area contributed by atoms with E-state index in [2.05, 4.69) is 16.8 Å². The second-order valence-electron chi connectivity index (χ2n) is 4.79. The molecule has 2 unspecified atom stereocenters. The highest BCUT2D eigenvalue weighted by Crippen LogP contribution is 2.34. The third-order valence-electron chi connectivity index (χ3n) is 3.44. The Labute approximate surface area is 117 Å². The summed E-state index contributed by atoms with van der Waals surface area (Å²) in [6, 6.07) is 2.08. The Balaban J connectivity index is 1.97. The van der Waals surface area contributed by atoms with E-state index >= 15 is 0 Å². The SMILES string of the molecule is CC(CNC(=O)C1CCCc2sccc21)C(N)=S. The number of fused-ring (bicyclic) bond motifs is 1. The fraction of sp³-hybridized carbons (Fsp3) is 0.538. The summed E-state index contributed by atoms with van der Waals surface area (Å²) >= 11 is 6.66. The number of thiophene rings is 1. The number of hydrogen-bond donors (Lipinski definition) is 2.